The molecule has 1 fully saturated rings. The third kappa shape index (κ3) is 2.60. The van der Waals surface area contributed by atoms with E-state index >= 15 is 0 Å². The van der Waals surface area contributed by atoms with Crippen molar-refractivity contribution in [2.45, 2.75) is 6.42 Å². The predicted molar refractivity (Wildman–Crippen MR) is 58.7 cm³/mol. The van der Waals surface area contributed by atoms with E-state index in [0.717, 1.165) is 6.07 Å². The summed E-state index contributed by atoms with van der Waals surface area (Å²) < 4.78 is 18.0. The molecule has 1 saturated heterocycles. The summed E-state index contributed by atoms with van der Waals surface area (Å²) in [7, 11) is 0. The maximum absolute atomic E-state index is 12.9. The molecule has 0 aliphatic carbocycles. The minimum absolute atomic E-state index is 0.122. The Kier molecular flexibility index (Phi) is 3.35. The molecule has 88 valence electrons. The monoisotopic (exact) mass is 234 g/mol. The number of halogens is 1. The number of ether oxygens (including phenoxy) is 1. The molecule has 2 rings (SSSR count). The van der Waals surface area contributed by atoms with E-state index in [1.54, 1.807) is 0 Å². The molecule has 0 radical (unpaired) electrons. The van der Waals surface area contributed by atoms with Crippen molar-refractivity contribution in [2.24, 2.45) is 5.92 Å². The Morgan fingerprint density at radius 1 is 1.59 bits per heavy atom. The second kappa shape index (κ2) is 4.93. The maximum atomic E-state index is 12.9. The highest BCUT2D eigenvalue weighted by Gasteiger charge is 2.24. The quantitative estimate of drug-likeness (QED) is 0.846. The van der Waals surface area contributed by atoms with Crippen LogP contribution in [0.4, 0.5) is 10.1 Å². The van der Waals surface area contributed by atoms with E-state index in [-0.39, 0.29) is 17.4 Å². The van der Waals surface area contributed by atoms with Gasteiger partial charge in [-0.1, -0.05) is 0 Å². The number of carbonyl (C=O) groups is 1. The average molecular weight is 234 g/mol. The third-order valence-electron chi connectivity index (χ3n) is 2.66. The topological polar surface area (TPSA) is 62.1 Å². The van der Waals surface area contributed by atoms with Crippen LogP contribution in [-0.2, 0) is 9.53 Å². The zero-order chi connectivity index (χ0) is 12.3. The fourth-order valence-corrected chi connectivity index (χ4v) is 1.69. The van der Waals surface area contributed by atoms with E-state index in [1.165, 1.54) is 12.1 Å². The molecule has 1 unspecified atom stereocenters. The van der Waals surface area contributed by atoms with Gasteiger partial charge in [0.05, 0.1) is 23.8 Å². The predicted octanol–water partition coefficient (Wildman–Crippen LogP) is 1.67. The maximum Gasteiger partial charge on any atom is 0.229 e. The number of nitriles is 1. The van der Waals surface area contributed by atoms with E-state index in [1.807, 2.05) is 6.07 Å². The fraction of sp³-hybridized carbons (Fsp3) is 0.333. The van der Waals surface area contributed by atoms with E-state index in [9.17, 15) is 9.18 Å². The number of rotatable bonds is 2. The molecule has 5 heteroatoms. The Morgan fingerprint density at radius 3 is 3.06 bits per heavy atom. The summed E-state index contributed by atoms with van der Waals surface area (Å²) in [6, 6.07) is 5.54. The lowest BCUT2D eigenvalue weighted by molar-refractivity contribution is -0.119. The normalized spacial score (nSPS) is 18.7. The molecule has 0 bridgehead atoms. The van der Waals surface area contributed by atoms with Crippen LogP contribution < -0.4 is 5.32 Å². The number of benzene rings is 1. The lowest BCUT2D eigenvalue weighted by Crippen LogP contribution is -2.23. The van der Waals surface area contributed by atoms with Crippen LogP contribution in [0.2, 0.25) is 0 Å². The molecule has 1 aliphatic heterocycles. The number of amides is 1. The molecule has 4 nitrogen and oxygen atoms in total. The summed E-state index contributed by atoms with van der Waals surface area (Å²) >= 11 is 0. The van der Waals surface area contributed by atoms with Crippen molar-refractivity contribution in [1.29, 1.82) is 5.26 Å². The van der Waals surface area contributed by atoms with E-state index in [4.69, 9.17) is 10.00 Å². The van der Waals surface area contributed by atoms with Crippen molar-refractivity contribution in [3.8, 4) is 6.07 Å². The van der Waals surface area contributed by atoms with Gasteiger partial charge >= 0.3 is 0 Å². The average Bonchev–Trinajstić information content (AvgIpc) is 2.85. The molecule has 1 aliphatic rings. The van der Waals surface area contributed by atoms with Crippen molar-refractivity contribution in [2.75, 3.05) is 18.5 Å². The van der Waals surface area contributed by atoms with Gasteiger partial charge in [-0.3, -0.25) is 4.79 Å². The first-order chi connectivity index (χ1) is 8.20. The second-order valence-electron chi connectivity index (χ2n) is 3.85. The highest BCUT2D eigenvalue weighted by Crippen LogP contribution is 2.19. The van der Waals surface area contributed by atoms with Crippen LogP contribution in [0.5, 0.6) is 0 Å². The lowest BCUT2D eigenvalue weighted by Gasteiger charge is -2.10. The molecule has 1 aromatic carbocycles. The first-order valence-electron chi connectivity index (χ1n) is 5.29. The Morgan fingerprint density at radius 2 is 2.41 bits per heavy atom. The first kappa shape index (κ1) is 11.6. The molecule has 17 heavy (non-hydrogen) atoms. The molecule has 1 N–H and O–H groups in total. The van der Waals surface area contributed by atoms with E-state index < -0.39 is 5.82 Å². The Bertz CT molecular complexity index is 476. The van der Waals surface area contributed by atoms with E-state index in [0.29, 0.717) is 25.3 Å². The minimum Gasteiger partial charge on any atom is -0.381 e. The standard InChI is InChI=1S/C12H11FN2O2/c13-10-1-2-11(9(5-10)6-14)15-12(16)8-3-4-17-7-8/h1-2,5,8H,3-4,7H2,(H,15,16). The molecule has 0 saturated carbocycles. The van der Waals surface area contributed by atoms with Crippen molar-refractivity contribution >= 4 is 11.6 Å². The zero-order valence-corrected chi connectivity index (χ0v) is 9.07. The Labute approximate surface area is 98.0 Å². The van der Waals surface area contributed by atoms with Gasteiger partial charge in [0.25, 0.3) is 0 Å². The number of carbonyl (C=O) groups excluding carboxylic acids is 1. The summed E-state index contributed by atoms with van der Waals surface area (Å²) in [5.74, 6) is -0.874. The van der Waals surface area contributed by atoms with Gasteiger partial charge in [-0.15, -0.1) is 0 Å². The molecular weight excluding hydrogens is 223 g/mol. The van der Waals surface area contributed by atoms with Crippen LogP contribution in [0.3, 0.4) is 0 Å². The smallest absolute Gasteiger partial charge is 0.229 e. The van der Waals surface area contributed by atoms with Gasteiger partial charge in [0.1, 0.15) is 11.9 Å². The van der Waals surface area contributed by atoms with Gasteiger partial charge in [0.15, 0.2) is 0 Å². The fourth-order valence-electron chi connectivity index (χ4n) is 1.69. The lowest BCUT2D eigenvalue weighted by atomic mass is 10.1. The summed E-state index contributed by atoms with van der Waals surface area (Å²) in [5.41, 5.74) is 0.461. The SMILES string of the molecule is N#Cc1cc(F)ccc1NC(=O)C1CCOC1. The zero-order valence-electron chi connectivity index (χ0n) is 9.07. The highest BCUT2D eigenvalue weighted by atomic mass is 19.1. The summed E-state index contributed by atoms with van der Waals surface area (Å²) in [5, 5.41) is 11.5. The molecule has 1 amide bonds. The van der Waals surface area contributed by atoms with Gasteiger partial charge in [-0.05, 0) is 24.6 Å². The van der Waals surface area contributed by atoms with Crippen LogP contribution >= 0.6 is 0 Å². The van der Waals surface area contributed by atoms with Gasteiger partial charge in [-0.2, -0.15) is 5.26 Å². The summed E-state index contributed by atoms with van der Waals surface area (Å²) in [4.78, 5) is 11.8. The van der Waals surface area contributed by atoms with Crippen LogP contribution in [-0.4, -0.2) is 19.1 Å². The van der Waals surface area contributed by atoms with Gasteiger partial charge in [0, 0.05) is 6.61 Å². The van der Waals surface area contributed by atoms with Gasteiger partial charge in [0.2, 0.25) is 5.91 Å². The van der Waals surface area contributed by atoms with Gasteiger partial charge < -0.3 is 10.1 Å². The van der Waals surface area contributed by atoms with Crippen molar-refractivity contribution < 1.29 is 13.9 Å². The number of anilines is 1. The number of hydrogen-bond donors (Lipinski definition) is 1. The largest absolute Gasteiger partial charge is 0.381 e. The third-order valence-corrected chi connectivity index (χ3v) is 2.66. The van der Waals surface area contributed by atoms with E-state index in [2.05, 4.69) is 5.32 Å². The molecule has 0 spiro atoms. The van der Waals surface area contributed by atoms with Crippen molar-refractivity contribution in [3.05, 3.63) is 29.6 Å². The summed E-state index contributed by atoms with van der Waals surface area (Å²) in [6.07, 6.45) is 0.676. The van der Waals surface area contributed by atoms with Crippen molar-refractivity contribution in [3.63, 3.8) is 0 Å². The van der Waals surface area contributed by atoms with Crippen molar-refractivity contribution in [1.82, 2.24) is 0 Å². The number of hydrogen-bond acceptors (Lipinski definition) is 3. The van der Waals surface area contributed by atoms with Crippen LogP contribution in [0, 0.1) is 23.1 Å². The summed E-state index contributed by atoms with van der Waals surface area (Å²) in [6.45, 7) is 0.974. The molecule has 1 heterocycles. The van der Waals surface area contributed by atoms with Crippen LogP contribution in [0.25, 0.3) is 0 Å². The molecule has 0 aromatic heterocycles. The van der Waals surface area contributed by atoms with Crippen LogP contribution in [0.1, 0.15) is 12.0 Å². The molecule has 1 aromatic rings. The minimum atomic E-state index is -0.497. The Balaban J connectivity index is 2.13. The number of nitrogens with one attached hydrogen (secondary N) is 1. The second-order valence-corrected chi connectivity index (χ2v) is 3.85. The number of nitrogens with zero attached hydrogens (tertiary/aromatic N) is 1. The highest BCUT2D eigenvalue weighted by molar-refractivity contribution is 5.94. The molecular formula is C12H11FN2O2. The van der Waals surface area contributed by atoms with Gasteiger partial charge in [-0.25, -0.2) is 4.39 Å². The molecule has 1 atom stereocenters. The Hall–Kier alpha value is -1.93. The first-order valence-corrected chi connectivity index (χ1v) is 5.29. The van der Waals surface area contributed by atoms with Crippen LogP contribution in [0.15, 0.2) is 18.2 Å².